The number of pyridine rings is 1. The number of carbonyl (C=O) groups is 1. The summed E-state index contributed by atoms with van der Waals surface area (Å²) in [5, 5.41) is 3.07. The maximum absolute atomic E-state index is 13.2. The van der Waals surface area contributed by atoms with Gasteiger partial charge in [-0.1, -0.05) is 52.3 Å². The van der Waals surface area contributed by atoms with Crippen LogP contribution in [0, 0.1) is 13.8 Å². The molecule has 1 N–H and O–H groups in total. The number of rotatable bonds is 8. The average molecular weight is 383 g/mol. The van der Waals surface area contributed by atoms with E-state index < -0.39 is 0 Å². The number of nitrogens with one attached hydrogen (secondary N) is 1. The lowest BCUT2D eigenvalue weighted by molar-refractivity contribution is 0.102. The van der Waals surface area contributed by atoms with Gasteiger partial charge in [-0.15, -0.1) is 0 Å². The Bertz CT molecular complexity index is 888. The van der Waals surface area contributed by atoms with Crippen LogP contribution < -0.4 is 10.7 Å². The van der Waals surface area contributed by atoms with Gasteiger partial charge in [0.05, 0.1) is 0 Å². The van der Waals surface area contributed by atoms with Gasteiger partial charge in [0.2, 0.25) is 0 Å². The Labute approximate surface area is 169 Å². The summed E-state index contributed by atoms with van der Waals surface area (Å²) in [5.41, 5.74) is 5.67. The molecule has 0 bridgehead atoms. The number of carbonyl (C=O) groups excluding carboxylic acids is 1. The molecule has 1 aromatic heterocycles. The molecule has 0 unspecified atom stereocenters. The third-order valence-corrected chi connectivity index (χ3v) is 5.63. The number of aromatic nitrogens is 1. The Balaban J connectivity index is 2.58. The van der Waals surface area contributed by atoms with Crippen LogP contribution in [0.3, 0.4) is 0 Å². The van der Waals surface area contributed by atoms with Crippen molar-refractivity contribution in [2.45, 2.75) is 80.2 Å². The molecule has 1 heterocycles. The van der Waals surface area contributed by atoms with Gasteiger partial charge in [0.25, 0.3) is 5.91 Å². The van der Waals surface area contributed by atoms with Crippen LogP contribution in [-0.4, -0.2) is 10.5 Å². The van der Waals surface area contributed by atoms with Gasteiger partial charge in [0.15, 0.2) is 5.43 Å². The van der Waals surface area contributed by atoms with E-state index in [0.717, 1.165) is 66.9 Å². The smallest absolute Gasteiger partial charge is 0.261 e. The number of aryl methyl sites for hydroxylation is 2. The summed E-state index contributed by atoms with van der Waals surface area (Å²) in [6.07, 6.45) is 4.54. The topological polar surface area (TPSA) is 51.1 Å². The minimum absolute atomic E-state index is 0.147. The fourth-order valence-corrected chi connectivity index (χ4v) is 3.94. The summed E-state index contributed by atoms with van der Waals surface area (Å²) in [4.78, 5) is 26.3. The monoisotopic (exact) mass is 382 g/mol. The summed E-state index contributed by atoms with van der Waals surface area (Å²) >= 11 is 0. The number of benzene rings is 1. The van der Waals surface area contributed by atoms with Gasteiger partial charge in [-0.2, -0.15) is 0 Å². The Morgan fingerprint density at radius 1 is 1.00 bits per heavy atom. The second-order valence-corrected chi connectivity index (χ2v) is 7.33. The summed E-state index contributed by atoms with van der Waals surface area (Å²) in [6, 6.07) is 6.09. The number of unbranched alkanes of at least 4 members (excludes halogenated alkanes) is 1. The zero-order chi connectivity index (χ0) is 20.8. The summed E-state index contributed by atoms with van der Waals surface area (Å²) < 4.78 is 2.17. The Hall–Kier alpha value is -2.36. The molecule has 0 saturated heterocycles. The molecular weight excluding hydrogens is 348 g/mol. The molecule has 0 radical (unpaired) electrons. The van der Waals surface area contributed by atoms with E-state index in [0.29, 0.717) is 5.56 Å². The highest BCUT2D eigenvalue weighted by Crippen LogP contribution is 2.24. The van der Waals surface area contributed by atoms with Crippen molar-refractivity contribution in [3.8, 4) is 0 Å². The summed E-state index contributed by atoms with van der Waals surface area (Å²) in [5.74, 6) is -0.297. The van der Waals surface area contributed by atoms with Crippen LogP contribution in [0.5, 0.6) is 0 Å². The lowest BCUT2D eigenvalue weighted by Crippen LogP contribution is -2.30. The minimum Gasteiger partial charge on any atom is -0.348 e. The Morgan fingerprint density at radius 3 is 2.11 bits per heavy atom. The third kappa shape index (κ3) is 4.21. The lowest BCUT2D eigenvalue weighted by atomic mass is 10.0. The second kappa shape index (κ2) is 9.72. The van der Waals surface area contributed by atoms with Crippen molar-refractivity contribution in [3.05, 3.63) is 62.1 Å². The molecule has 4 nitrogen and oxygen atoms in total. The predicted molar refractivity (Wildman–Crippen MR) is 118 cm³/mol. The van der Waals surface area contributed by atoms with Crippen LogP contribution in [-0.2, 0) is 25.8 Å². The minimum atomic E-state index is -0.297. The number of amides is 1. The maximum Gasteiger partial charge on any atom is 0.261 e. The average Bonchev–Trinajstić information content (AvgIpc) is 2.69. The van der Waals surface area contributed by atoms with E-state index in [1.54, 1.807) is 0 Å². The van der Waals surface area contributed by atoms with Crippen molar-refractivity contribution >= 4 is 11.6 Å². The SMILES string of the molecule is CCCCn1c(C)c(C(=O)Nc2c(CC)cccc2CC)c(=O)c(C)c1CC. The van der Waals surface area contributed by atoms with Crippen molar-refractivity contribution in [1.82, 2.24) is 4.57 Å². The van der Waals surface area contributed by atoms with E-state index >= 15 is 0 Å². The lowest BCUT2D eigenvalue weighted by Gasteiger charge is -2.21. The number of hydrogen-bond donors (Lipinski definition) is 1. The zero-order valence-electron chi connectivity index (χ0n) is 18.2. The second-order valence-electron chi connectivity index (χ2n) is 7.33. The standard InChI is InChI=1S/C24H34N2O2/c1-7-11-15-26-17(6)21(23(27)16(5)20(26)10-4)24(28)25-22-18(8-2)13-12-14-19(22)9-3/h12-14H,7-11,15H2,1-6H3,(H,25,28). The van der Waals surface area contributed by atoms with Gasteiger partial charge < -0.3 is 9.88 Å². The van der Waals surface area contributed by atoms with Crippen molar-refractivity contribution in [1.29, 1.82) is 0 Å². The quantitative estimate of drug-likeness (QED) is 0.682. The fourth-order valence-electron chi connectivity index (χ4n) is 3.94. The number of nitrogens with zero attached hydrogens (tertiary/aromatic N) is 1. The van der Waals surface area contributed by atoms with Crippen LogP contribution in [0.25, 0.3) is 0 Å². The van der Waals surface area contributed by atoms with Crippen LogP contribution in [0.1, 0.15) is 79.0 Å². The number of hydrogen-bond acceptors (Lipinski definition) is 2. The molecular formula is C24H34N2O2. The van der Waals surface area contributed by atoms with Crippen LogP contribution >= 0.6 is 0 Å². The van der Waals surface area contributed by atoms with Gasteiger partial charge in [-0.05, 0) is 50.7 Å². The van der Waals surface area contributed by atoms with Gasteiger partial charge in [0, 0.05) is 29.2 Å². The van der Waals surface area contributed by atoms with Gasteiger partial charge >= 0.3 is 0 Å². The molecule has 1 aromatic carbocycles. The molecule has 0 spiro atoms. The molecule has 4 heteroatoms. The molecule has 0 aliphatic carbocycles. The first-order valence-electron chi connectivity index (χ1n) is 10.6. The van der Waals surface area contributed by atoms with Crippen molar-refractivity contribution in [2.24, 2.45) is 0 Å². The first kappa shape index (κ1) is 21.9. The molecule has 2 aromatic rings. The molecule has 0 aliphatic rings. The third-order valence-electron chi connectivity index (χ3n) is 5.63. The molecule has 1 amide bonds. The van der Waals surface area contributed by atoms with Gasteiger partial charge in [-0.3, -0.25) is 9.59 Å². The molecule has 0 fully saturated rings. The van der Waals surface area contributed by atoms with Crippen LogP contribution in [0.15, 0.2) is 23.0 Å². The molecule has 0 saturated carbocycles. The fraction of sp³-hybridized carbons (Fsp3) is 0.500. The summed E-state index contributed by atoms with van der Waals surface area (Å²) in [6.45, 7) is 12.9. The van der Waals surface area contributed by atoms with E-state index in [9.17, 15) is 9.59 Å². The normalized spacial score (nSPS) is 10.9. The van der Waals surface area contributed by atoms with Crippen molar-refractivity contribution in [2.75, 3.05) is 5.32 Å². The Kier molecular flexibility index (Phi) is 7.61. The zero-order valence-corrected chi connectivity index (χ0v) is 18.2. The first-order chi connectivity index (χ1) is 13.4. The predicted octanol–water partition coefficient (Wildman–Crippen LogP) is 5.20. The van der Waals surface area contributed by atoms with Crippen LogP contribution in [0.2, 0.25) is 0 Å². The van der Waals surface area contributed by atoms with E-state index in [1.807, 2.05) is 32.0 Å². The number of anilines is 1. The molecule has 0 aliphatic heterocycles. The summed E-state index contributed by atoms with van der Waals surface area (Å²) in [7, 11) is 0. The van der Waals surface area contributed by atoms with E-state index in [-0.39, 0.29) is 16.9 Å². The number of para-hydroxylation sites is 1. The first-order valence-corrected chi connectivity index (χ1v) is 10.6. The largest absolute Gasteiger partial charge is 0.348 e. The maximum atomic E-state index is 13.2. The van der Waals surface area contributed by atoms with E-state index in [1.165, 1.54) is 0 Å². The van der Waals surface area contributed by atoms with E-state index in [4.69, 9.17) is 0 Å². The highest BCUT2D eigenvalue weighted by molar-refractivity contribution is 6.06. The molecule has 152 valence electrons. The van der Waals surface area contributed by atoms with Crippen molar-refractivity contribution < 1.29 is 4.79 Å². The molecule has 28 heavy (non-hydrogen) atoms. The highest BCUT2D eigenvalue weighted by Gasteiger charge is 2.22. The molecule has 0 atom stereocenters. The van der Waals surface area contributed by atoms with Crippen LogP contribution in [0.4, 0.5) is 5.69 Å². The highest BCUT2D eigenvalue weighted by atomic mass is 16.2. The Morgan fingerprint density at radius 2 is 1.61 bits per heavy atom. The van der Waals surface area contributed by atoms with E-state index in [2.05, 4.69) is 37.6 Å². The van der Waals surface area contributed by atoms with Gasteiger partial charge in [-0.25, -0.2) is 0 Å². The molecule has 2 rings (SSSR count). The van der Waals surface area contributed by atoms with Crippen molar-refractivity contribution in [3.63, 3.8) is 0 Å². The van der Waals surface area contributed by atoms with Gasteiger partial charge in [0.1, 0.15) is 5.56 Å².